The van der Waals surface area contributed by atoms with Crippen LogP contribution in [0.1, 0.15) is 11.7 Å². The molecule has 0 spiro atoms. The Morgan fingerprint density at radius 2 is 1.00 bits per heavy atom. The molecule has 1 N–H and O–H groups in total. The quantitative estimate of drug-likeness (QED) is 0.191. The Labute approximate surface area is 290 Å². The van der Waals surface area contributed by atoms with E-state index in [0.717, 1.165) is 27.9 Å². The van der Waals surface area contributed by atoms with Crippen LogP contribution in [0.5, 0.6) is 0 Å². The van der Waals surface area contributed by atoms with Gasteiger partial charge in [0.05, 0.1) is 26.9 Å². The molecule has 0 saturated carbocycles. The molecule has 0 aliphatic carbocycles. The second-order valence-corrected chi connectivity index (χ2v) is 14.8. The largest absolute Gasteiger partial charge is 0.359 e. The van der Waals surface area contributed by atoms with Gasteiger partial charge in [0.15, 0.2) is 0 Å². The number of rotatable bonds is 4. The minimum absolute atomic E-state index is 0.226. The first-order valence-corrected chi connectivity index (χ1v) is 18.3. The van der Waals surface area contributed by atoms with E-state index >= 15 is 0 Å². The number of anilines is 3. The second kappa shape index (κ2) is 10.9. The summed E-state index contributed by atoms with van der Waals surface area (Å²) in [6, 6.07) is 57.9. The van der Waals surface area contributed by atoms with E-state index in [0.29, 0.717) is 21.2 Å². The summed E-state index contributed by atoms with van der Waals surface area (Å²) in [4.78, 5) is 2.79. The van der Waals surface area contributed by atoms with Gasteiger partial charge in [-0.2, -0.15) is 0 Å². The van der Waals surface area contributed by atoms with Crippen molar-refractivity contribution in [2.24, 2.45) is 0 Å². The molecule has 2 heterocycles. The summed E-state index contributed by atoms with van der Waals surface area (Å²) in [7, 11) is -3.79. The van der Waals surface area contributed by atoms with Crippen LogP contribution in [0.15, 0.2) is 180 Å². The summed E-state index contributed by atoms with van der Waals surface area (Å²) in [5.74, 6) is 0. The van der Waals surface area contributed by atoms with Gasteiger partial charge >= 0.3 is 0 Å². The lowest BCUT2D eigenvalue weighted by Crippen LogP contribution is -2.28. The van der Waals surface area contributed by atoms with Gasteiger partial charge in [-0.1, -0.05) is 140 Å². The Morgan fingerprint density at radius 3 is 1.68 bits per heavy atom. The maximum absolute atomic E-state index is 14.3. The number of nitrogens with one attached hydrogen (secondary N) is 1. The Balaban J connectivity index is 1.15. The van der Waals surface area contributed by atoms with Crippen molar-refractivity contribution in [1.29, 1.82) is 0 Å². The lowest BCUT2D eigenvalue weighted by atomic mass is 9.85. The predicted molar refractivity (Wildman–Crippen MR) is 205 cm³/mol. The van der Waals surface area contributed by atoms with E-state index in [1.807, 2.05) is 42.5 Å². The molecule has 238 valence electrons. The van der Waals surface area contributed by atoms with Crippen molar-refractivity contribution >= 4 is 48.4 Å². The summed E-state index contributed by atoms with van der Waals surface area (Å²) < 4.78 is 28.6. The molecule has 0 radical (unpaired) electrons. The van der Waals surface area contributed by atoms with Gasteiger partial charge in [-0.15, -0.1) is 0 Å². The van der Waals surface area contributed by atoms with Gasteiger partial charge in [-0.05, 0) is 90.8 Å². The van der Waals surface area contributed by atoms with Crippen molar-refractivity contribution in [3.8, 4) is 33.4 Å². The fourth-order valence-corrected chi connectivity index (χ4v) is 9.69. The molecule has 2 aliphatic rings. The van der Waals surface area contributed by atoms with Crippen molar-refractivity contribution in [2.45, 2.75) is 16.0 Å². The molecule has 0 bridgehead atoms. The summed E-state index contributed by atoms with van der Waals surface area (Å²) in [5, 5.41) is 8.34. The first kappa shape index (κ1) is 28.8. The third-order valence-corrected chi connectivity index (χ3v) is 12.0. The fraction of sp³-hybridized carbons (Fsp3) is 0.0222. The Kier molecular flexibility index (Phi) is 6.29. The molecule has 0 amide bonds. The number of para-hydroxylation sites is 1. The summed E-state index contributed by atoms with van der Waals surface area (Å²) in [5.41, 5.74) is 9.74. The van der Waals surface area contributed by atoms with Crippen molar-refractivity contribution in [1.82, 2.24) is 0 Å². The molecule has 2 aliphatic heterocycles. The van der Waals surface area contributed by atoms with E-state index in [2.05, 4.69) is 132 Å². The molecule has 0 saturated heterocycles. The first-order chi connectivity index (χ1) is 24.6. The Hall–Kier alpha value is -6.17. The lowest BCUT2D eigenvalue weighted by Gasteiger charge is -2.33. The molecular formula is C45H30N2O2S. The van der Waals surface area contributed by atoms with E-state index in [9.17, 15) is 8.42 Å². The highest BCUT2D eigenvalue weighted by molar-refractivity contribution is 7.92. The zero-order valence-corrected chi connectivity index (χ0v) is 27.7. The van der Waals surface area contributed by atoms with Gasteiger partial charge in [-0.3, -0.25) is 0 Å². The molecule has 10 rings (SSSR count). The van der Waals surface area contributed by atoms with Gasteiger partial charge in [0, 0.05) is 0 Å². The maximum Gasteiger partial charge on any atom is 0.210 e. The molecule has 1 unspecified atom stereocenters. The van der Waals surface area contributed by atoms with Gasteiger partial charge in [0.1, 0.15) is 6.17 Å². The summed E-state index contributed by atoms with van der Waals surface area (Å²) in [6.45, 7) is 0. The van der Waals surface area contributed by atoms with Gasteiger partial charge in [0.25, 0.3) is 0 Å². The monoisotopic (exact) mass is 662 g/mol. The van der Waals surface area contributed by atoms with Crippen LogP contribution in [0, 0.1) is 0 Å². The summed E-state index contributed by atoms with van der Waals surface area (Å²) in [6.07, 6.45) is -0.226. The third kappa shape index (κ3) is 4.20. The third-order valence-electron chi connectivity index (χ3n) is 10.2. The van der Waals surface area contributed by atoms with Crippen molar-refractivity contribution in [2.75, 3.05) is 10.2 Å². The van der Waals surface area contributed by atoms with E-state index in [1.54, 1.807) is 6.07 Å². The normalized spacial score (nSPS) is 15.4. The highest BCUT2D eigenvalue weighted by Gasteiger charge is 2.43. The fourth-order valence-electron chi connectivity index (χ4n) is 8.01. The smallest absolute Gasteiger partial charge is 0.210 e. The van der Waals surface area contributed by atoms with E-state index in [1.165, 1.54) is 38.2 Å². The molecular weight excluding hydrogens is 633 g/mol. The van der Waals surface area contributed by atoms with Crippen LogP contribution in [0.2, 0.25) is 0 Å². The molecule has 8 aromatic rings. The zero-order chi connectivity index (χ0) is 33.4. The first-order valence-electron chi connectivity index (χ1n) is 16.8. The van der Waals surface area contributed by atoms with E-state index < -0.39 is 9.84 Å². The zero-order valence-electron chi connectivity index (χ0n) is 26.9. The van der Waals surface area contributed by atoms with E-state index in [4.69, 9.17) is 0 Å². The number of hydrogen-bond acceptors (Lipinski definition) is 4. The van der Waals surface area contributed by atoms with Crippen LogP contribution in [-0.2, 0) is 9.84 Å². The van der Waals surface area contributed by atoms with Crippen molar-refractivity contribution in [3.63, 3.8) is 0 Å². The molecule has 0 aromatic heterocycles. The number of hydrogen-bond donors (Lipinski definition) is 1. The van der Waals surface area contributed by atoms with Crippen LogP contribution >= 0.6 is 0 Å². The number of fused-ring (bicyclic) bond motifs is 4. The Morgan fingerprint density at radius 1 is 0.460 bits per heavy atom. The van der Waals surface area contributed by atoms with Crippen LogP contribution in [0.25, 0.3) is 54.9 Å². The standard InChI is InChI=1S/C45H30N2O2S/c48-50(49)40-24-12-23-38-44(40)47(45(46-38)30-15-5-2-6-16-30)39-26-25-32(28-41(39)50)31-17-11-18-33(27-31)43-36-21-9-7-19-34(36)42(29-13-3-1-4-14-29)35-20-8-10-22-37(35)43/h1-28,45-46H. The summed E-state index contributed by atoms with van der Waals surface area (Å²) >= 11 is 0. The molecule has 0 fully saturated rings. The molecule has 4 nitrogen and oxygen atoms in total. The predicted octanol–water partition coefficient (Wildman–Crippen LogP) is 11.4. The van der Waals surface area contributed by atoms with Crippen LogP contribution in [0.3, 0.4) is 0 Å². The molecule has 8 aromatic carbocycles. The Bertz CT molecular complexity index is 2700. The average molecular weight is 663 g/mol. The topological polar surface area (TPSA) is 49.4 Å². The number of sulfone groups is 1. The van der Waals surface area contributed by atoms with Crippen molar-refractivity contribution in [3.05, 3.63) is 175 Å². The van der Waals surface area contributed by atoms with Gasteiger partial charge < -0.3 is 10.2 Å². The second-order valence-electron chi connectivity index (χ2n) is 13.0. The van der Waals surface area contributed by atoms with Crippen LogP contribution < -0.4 is 10.2 Å². The SMILES string of the molecule is O=S1(=O)c2cc(-c3cccc(-c4c5ccccc5c(-c5ccccc5)c5ccccc45)c3)ccc2N2c3c(cccc31)NC2c1ccccc1. The molecule has 50 heavy (non-hydrogen) atoms. The molecule has 1 atom stereocenters. The minimum Gasteiger partial charge on any atom is -0.359 e. The van der Waals surface area contributed by atoms with Gasteiger partial charge in [0.2, 0.25) is 9.84 Å². The number of nitrogens with zero attached hydrogens (tertiary/aromatic N) is 1. The minimum atomic E-state index is -3.79. The van der Waals surface area contributed by atoms with Gasteiger partial charge in [-0.25, -0.2) is 8.42 Å². The van der Waals surface area contributed by atoms with Crippen molar-refractivity contribution < 1.29 is 8.42 Å². The van der Waals surface area contributed by atoms with Crippen LogP contribution in [-0.4, -0.2) is 8.42 Å². The number of benzene rings is 8. The van der Waals surface area contributed by atoms with Crippen LogP contribution in [0.4, 0.5) is 17.1 Å². The van der Waals surface area contributed by atoms with E-state index in [-0.39, 0.29) is 6.17 Å². The highest BCUT2D eigenvalue weighted by Crippen LogP contribution is 2.56. The lowest BCUT2D eigenvalue weighted by molar-refractivity contribution is 0.593. The highest BCUT2D eigenvalue weighted by atomic mass is 32.2. The average Bonchev–Trinajstić information content (AvgIpc) is 3.57. The molecule has 5 heteroatoms. The maximum atomic E-state index is 14.3.